The van der Waals surface area contributed by atoms with Gasteiger partial charge < -0.3 is 4.74 Å². The molecule has 1 aromatic carbocycles. The van der Waals surface area contributed by atoms with E-state index in [1.165, 1.54) is 0 Å². The van der Waals surface area contributed by atoms with Gasteiger partial charge in [-0.3, -0.25) is 4.79 Å². The van der Waals surface area contributed by atoms with E-state index < -0.39 is 0 Å². The zero-order valence-electron chi connectivity index (χ0n) is 15.0. The van der Waals surface area contributed by atoms with Crippen LogP contribution < -0.4 is 0 Å². The van der Waals surface area contributed by atoms with E-state index in [0.717, 1.165) is 25.7 Å². The molecule has 0 spiro atoms. The SMILES string of the molecule is C[C@@H]1C(=O)C=C[C@@H]2[C@@H]1CC[C@]1(C)[C@@H](OC(=O)c3ccccc3)CC[C@H]21. The minimum absolute atomic E-state index is 0.0208. The molecule has 0 unspecified atom stereocenters. The quantitative estimate of drug-likeness (QED) is 0.749. The highest BCUT2D eigenvalue weighted by Gasteiger charge is 2.56. The molecule has 2 fully saturated rings. The number of esters is 1. The van der Waals surface area contributed by atoms with Gasteiger partial charge in [-0.15, -0.1) is 0 Å². The van der Waals surface area contributed by atoms with E-state index in [9.17, 15) is 9.59 Å². The van der Waals surface area contributed by atoms with Crippen LogP contribution in [0.15, 0.2) is 42.5 Å². The summed E-state index contributed by atoms with van der Waals surface area (Å²) < 4.78 is 5.97. The van der Waals surface area contributed by atoms with Crippen LogP contribution in [-0.4, -0.2) is 17.9 Å². The summed E-state index contributed by atoms with van der Waals surface area (Å²) in [6.45, 7) is 4.37. The zero-order chi connectivity index (χ0) is 17.6. The number of hydrogen-bond donors (Lipinski definition) is 0. The summed E-state index contributed by atoms with van der Waals surface area (Å²) in [6.07, 6.45) is 8.02. The summed E-state index contributed by atoms with van der Waals surface area (Å²) in [7, 11) is 0. The van der Waals surface area contributed by atoms with Crippen LogP contribution in [0.1, 0.15) is 49.9 Å². The fourth-order valence-corrected chi connectivity index (χ4v) is 5.57. The van der Waals surface area contributed by atoms with Crippen molar-refractivity contribution >= 4 is 11.8 Å². The van der Waals surface area contributed by atoms with Gasteiger partial charge in [0.25, 0.3) is 0 Å². The molecule has 0 heterocycles. The average molecular weight is 338 g/mol. The summed E-state index contributed by atoms with van der Waals surface area (Å²) in [5, 5.41) is 0. The first-order chi connectivity index (χ1) is 12.0. The Kier molecular flexibility index (Phi) is 4.05. The number of rotatable bonds is 2. The number of ether oxygens (including phenoxy) is 1. The minimum atomic E-state index is -0.211. The van der Waals surface area contributed by atoms with Gasteiger partial charge in [0.05, 0.1) is 5.56 Å². The van der Waals surface area contributed by atoms with E-state index in [0.29, 0.717) is 23.3 Å². The fourth-order valence-electron chi connectivity index (χ4n) is 5.57. The lowest BCUT2D eigenvalue weighted by atomic mass is 9.56. The van der Waals surface area contributed by atoms with E-state index in [2.05, 4.69) is 19.9 Å². The molecule has 25 heavy (non-hydrogen) atoms. The van der Waals surface area contributed by atoms with E-state index in [1.54, 1.807) is 6.08 Å². The highest BCUT2D eigenvalue weighted by molar-refractivity contribution is 5.92. The Balaban J connectivity index is 1.54. The molecule has 3 heteroatoms. The van der Waals surface area contributed by atoms with E-state index in [4.69, 9.17) is 4.74 Å². The Hall–Kier alpha value is -1.90. The van der Waals surface area contributed by atoms with Crippen LogP contribution in [0, 0.1) is 29.1 Å². The number of carbonyl (C=O) groups excluding carboxylic acids is 2. The third kappa shape index (κ3) is 2.65. The number of allylic oxidation sites excluding steroid dienone is 2. The molecule has 0 aromatic heterocycles. The summed E-state index contributed by atoms with van der Waals surface area (Å²) in [5.41, 5.74) is 0.649. The summed E-state index contributed by atoms with van der Waals surface area (Å²) in [4.78, 5) is 24.5. The second kappa shape index (κ2) is 6.12. The zero-order valence-corrected chi connectivity index (χ0v) is 15.0. The molecule has 0 N–H and O–H groups in total. The fraction of sp³-hybridized carbons (Fsp3) is 0.545. The van der Waals surface area contributed by atoms with Crippen molar-refractivity contribution in [3.8, 4) is 0 Å². The largest absolute Gasteiger partial charge is 0.458 e. The van der Waals surface area contributed by atoms with Crippen LogP contribution in [0.25, 0.3) is 0 Å². The number of fused-ring (bicyclic) bond motifs is 3. The first-order valence-electron chi connectivity index (χ1n) is 9.49. The Bertz CT molecular complexity index is 707. The Morgan fingerprint density at radius 1 is 1.16 bits per heavy atom. The molecule has 2 saturated carbocycles. The molecule has 4 rings (SSSR count). The van der Waals surface area contributed by atoms with Gasteiger partial charge in [0.15, 0.2) is 5.78 Å². The second-order valence-electron chi connectivity index (χ2n) is 8.28. The molecule has 3 aliphatic rings. The lowest BCUT2D eigenvalue weighted by Crippen LogP contribution is -2.47. The highest BCUT2D eigenvalue weighted by Crippen LogP contribution is 2.59. The molecular weight excluding hydrogens is 312 g/mol. The lowest BCUT2D eigenvalue weighted by molar-refractivity contribution is -0.123. The topological polar surface area (TPSA) is 43.4 Å². The van der Waals surface area contributed by atoms with Gasteiger partial charge >= 0.3 is 5.97 Å². The monoisotopic (exact) mass is 338 g/mol. The van der Waals surface area contributed by atoms with Crippen molar-refractivity contribution in [3.05, 3.63) is 48.0 Å². The Morgan fingerprint density at radius 3 is 2.68 bits per heavy atom. The van der Waals surface area contributed by atoms with Gasteiger partial charge in [0.1, 0.15) is 6.10 Å². The summed E-state index contributed by atoms with van der Waals surface area (Å²) in [6, 6.07) is 9.26. The van der Waals surface area contributed by atoms with Gasteiger partial charge in [0.2, 0.25) is 0 Å². The molecule has 3 nitrogen and oxygen atoms in total. The van der Waals surface area contributed by atoms with Crippen LogP contribution in [0.3, 0.4) is 0 Å². The smallest absolute Gasteiger partial charge is 0.338 e. The van der Waals surface area contributed by atoms with Gasteiger partial charge in [-0.05, 0) is 61.6 Å². The Labute approximate surface area is 149 Å². The molecule has 3 aliphatic carbocycles. The van der Waals surface area contributed by atoms with Crippen LogP contribution >= 0.6 is 0 Å². The normalized spacial score (nSPS) is 39.6. The van der Waals surface area contributed by atoms with Crippen LogP contribution in [0.2, 0.25) is 0 Å². The third-order valence-electron chi connectivity index (χ3n) is 7.13. The molecule has 0 saturated heterocycles. The van der Waals surface area contributed by atoms with Gasteiger partial charge in [-0.2, -0.15) is 0 Å². The predicted octanol–water partition coefficient (Wildman–Crippen LogP) is 4.43. The first kappa shape index (κ1) is 16.6. The molecule has 0 bridgehead atoms. The number of ketones is 1. The predicted molar refractivity (Wildman–Crippen MR) is 96.0 cm³/mol. The van der Waals surface area contributed by atoms with Crippen molar-refractivity contribution in [2.75, 3.05) is 0 Å². The third-order valence-corrected chi connectivity index (χ3v) is 7.13. The van der Waals surface area contributed by atoms with Crippen LogP contribution in [-0.2, 0) is 9.53 Å². The minimum Gasteiger partial charge on any atom is -0.458 e. The standard InChI is InChI=1S/C22H26O3/c1-14-16-12-13-22(2)18(17(16)8-10-19(14)23)9-11-20(22)25-21(24)15-6-4-3-5-7-15/h3-8,10,14,16-18,20H,9,11-13H2,1-2H3/t14-,16+,17+,18+,20-,22-/m0/s1. The van der Waals surface area contributed by atoms with Crippen LogP contribution in [0.5, 0.6) is 0 Å². The highest BCUT2D eigenvalue weighted by atomic mass is 16.5. The van der Waals surface area contributed by atoms with Crippen molar-refractivity contribution in [1.82, 2.24) is 0 Å². The maximum absolute atomic E-state index is 12.5. The van der Waals surface area contributed by atoms with E-state index in [-0.39, 0.29) is 29.2 Å². The molecule has 6 atom stereocenters. The van der Waals surface area contributed by atoms with Crippen molar-refractivity contribution in [3.63, 3.8) is 0 Å². The lowest BCUT2D eigenvalue weighted by Gasteiger charge is -2.49. The van der Waals surface area contributed by atoms with Crippen molar-refractivity contribution in [2.24, 2.45) is 29.1 Å². The number of carbonyl (C=O) groups is 2. The average Bonchev–Trinajstić information content (AvgIpc) is 2.95. The van der Waals surface area contributed by atoms with Crippen molar-refractivity contribution < 1.29 is 14.3 Å². The molecular formula is C22H26O3. The second-order valence-corrected chi connectivity index (χ2v) is 8.28. The molecule has 0 amide bonds. The van der Waals surface area contributed by atoms with Gasteiger partial charge in [-0.1, -0.05) is 38.1 Å². The van der Waals surface area contributed by atoms with Crippen LogP contribution in [0.4, 0.5) is 0 Å². The molecule has 0 radical (unpaired) electrons. The van der Waals surface area contributed by atoms with Gasteiger partial charge in [-0.25, -0.2) is 4.79 Å². The maximum Gasteiger partial charge on any atom is 0.338 e. The Morgan fingerprint density at radius 2 is 1.92 bits per heavy atom. The molecule has 132 valence electrons. The maximum atomic E-state index is 12.5. The number of hydrogen-bond acceptors (Lipinski definition) is 3. The number of benzene rings is 1. The first-order valence-corrected chi connectivity index (χ1v) is 9.49. The molecule has 1 aromatic rings. The van der Waals surface area contributed by atoms with Crippen molar-refractivity contribution in [2.45, 2.75) is 45.6 Å². The summed E-state index contributed by atoms with van der Waals surface area (Å²) in [5.74, 6) is 1.61. The molecule has 0 aliphatic heterocycles. The van der Waals surface area contributed by atoms with Crippen molar-refractivity contribution in [1.29, 1.82) is 0 Å². The van der Waals surface area contributed by atoms with E-state index in [1.807, 2.05) is 30.3 Å². The van der Waals surface area contributed by atoms with E-state index >= 15 is 0 Å². The summed E-state index contributed by atoms with van der Waals surface area (Å²) >= 11 is 0. The van der Waals surface area contributed by atoms with Gasteiger partial charge in [0, 0.05) is 11.3 Å².